The number of piperidine rings is 2. The summed E-state index contributed by atoms with van der Waals surface area (Å²) in [4.78, 5) is 28.1. The Morgan fingerprint density at radius 1 is 1.17 bits per heavy atom. The van der Waals surface area contributed by atoms with Crippen molar-refractivity contribution in [1.82, 2.24) is 19.8 Å². The van der Waals surface area contributed by atoms with Gasteiger partial charge in [0.15, 0.2) is 0 Å². The van der Waals surface area contributed by atoms with Crippen molar-refractivity contribution in [3.63, 3.8) is 0 Å². The first kappa shape index (κ1) is 17.1. The topological polar surface area (TPSA) is 52.6 Å². The average molecular weight is 331 g/mol. The molecule has 6 nitrogen and oxygen atoms in total. The zero-order valence-corrected chi connectivity index (χ0v) is 14.9. The Morgan fingerprint density at radius 2 is 1.88 bits per heavy atom. The van der Waals surface area contributed by atoms with Gasteiger partial charge in [0, 0.05) is 45.1 Å². The van der Waals surface area contributed by atoms with Crippen LogP contribution in [0.5, 0.6) is 0 Å². The molecule has 2 aliphatic rings. The molecule has 3 heterocycles. The Bertz CT molecular complexity index is 527. The van der Waals surface area contributed by atoms with Gasteiger partial charge < -0.3 is 14.7 Å². The van der Waals surface area contributed by atoms with Crippen LogP contribution in [-0.4, -0.2) is 72.5 Å². The Kier molecular flexibility index (Phi) is 5.66. The van der Waals surface area contributed by atoms with E-state index in [1.165, 1.54) is 0 Å². The maximum Gasteiger partial charge on any atom is 0.227 e. The molecule has 1 amide bonds. The average Bonchev–Trinajstić information content (AvgIpc) is 2.62. The van der Waals surface area contributed by atoms with Crippen molar-refractivity contribution >= 4 is 11.9 Å². The lowest BCUT2D eigenvalue weighted by Gasteiger charge is -2.38. The van der Waals surface area contributed by atoms with Crippen LogP contribution in [0.3, 0.4) is 0 Å². The van der Waals surface area contributed by atoms with Gasteiger partial charge in [0.05, 0.1) is 5.92 Å². The van der Waals surface area contributed by atoms with Crippen LogP contribution < -0.4 is 4.90 Å². The molecule has 1 aromatic heterocycles. The highest BCUT2D eigenvalue weighted by Crippen LogP contribution is 2.25. The van der Waals surface area contributed by atoms with Crippen LogP contribution in [0, 0.1) is 11.8 Å². The maximum absolute atomic E-state index is 12.9. The second kappa shape index (κ2) is 7.92. The fourth-order valence-corrected chi connectivity index (χ4v) is 3.93. The predicted octanol–water partition coefficient (Wildman–Crippen LogP) is 1.49. The van der Waals surface area contributed by atoms with E-state index >= 15 is 0 Å². The number of rotatable bonds is 4. The van der Waals surface area contributed by atoms with E-state index in [-0.39, 0.29) is 5.92 Å². The van der Waals surface area contributed by atoms with E-state index < -0.39 is 0 Å². The fourth-order valence-electron chi connectivity index (χ4n) is 3.93. The van der Waals surface area contributed by atoms with Crippen molar-refractivity contribution in [3.05, 3.63) is 18.5 Å². The van der Waals surface area contributed by atoms with Gasteiger partial charge in [-0.2, -0.15) is 0 Å². The number of amides is 1. The molecule has 2 saturated heterocycles. The van der Waals surface area contributed by atoms with E-state index in [4.69, 9.17) is 0 Å². The molecule has 1 aromatic rings. The third-order valence-electron chi connectivity index (χ3n) is 5.16. The minimum Gasteiger partial charge on any atom is -0.342 e. The van der Waals surface area contributed by atoms with Crippen LogP contribution in [0.15, 0.2) is 18.5 Å². The molecular weight excluding hydrogens is 302 g/mol. The Hall–Kier alpha value is -1.69. The summed E-state index contributed by atoms with van der Waals surface area (Å²) < 4.78 is 0. The van der Waals surface area contributed by atoms with Crippen LogP contribution in [0.25, 0.3) is 0 Å². The van der Waals surface area contributed by atoms with Gasteiger partial charge in [-0.3, -0.25) is 4.79 Å². The lowest BCUT2D eigenvalue weighted by atomic mass is 9.92. The smallest absolute Gasteiger partial charge is 0.227 e. The van der Waals surface area contributed by atoms with Gasteiger partial charge in [-0.1, -0.05) is 0 Å². The molecule has 2 fully saturated rings. The number of carbonyl (C=O) groups excluding carboxylic acids is 1. The summed E-state index contributed by atoms with van der Waals surface area (Å²) in [5.41, 5.74) is 0. The molecule has 0 aromatic carbocycles. The van der Waals surface area contributed by atoms with Crippen molar-refractivity contribution in [2.75, 3.05) is 51.7 Å². The summed E-state index contributed by atoms with van der Waals surface area (Å²) >= 11 is 0. The minimum atomic E-state index is 0.0907. The van der Waals surface area contributed by atoms with Crippen LogP contribution >= 0.6 is 0 Å². The van der Waals surface area contributed by atoms with Gasteiger partial charge in [0.2, 0.25) is 11.9 Å². The van der Waals surface area contributed by atoms with E-state index in [1.54, 1.807) is 12.4 Å². The predicted molar refractivity (Wildman–Crippen MR) is 94.8 cm³/mol. The van der Waals surface area contributed by atoms with E-state index in [9.17, 15) is 4.79 Å². The number of likely N-dealkylation sites (tertiary alicyclic amines) is 1. The highest BCUT2D eigenvalue weighted by atomic mass is 16.2. The second-order valence-electron chi connectivity index (χ2n) is 7.36. The normalized spacial score (nSPS) is 22.9. The number of carbonyl (C=O) groups is 1. The van der Waals surface area contributed by atoms with Gasteiger partial charge in [-0.25, -0.2) is 9.97 Å². The van der Waals surface area contributed by atoms with Gasteiger partial charge in [0.25, 0.3) is 0 Å². The standard InChI is InChI=1S/C18H29N5O/c1-21(2)13-15-6-11-22(12-7-15)17(24)16-5-3-10-23(14-16)18-19-8-4-9-20-18/h4,8-9,15-16H,3,5-7,10-14H2,1-2H3. The van der Waals surface area contributed by atoms with E-state index in [0.29, 0.717) is 5.91 Å². The second-order valence-corrected chi connectivity index (χ2v) is 7.36. The van der Waals surface area contributed by atoms with Crippen LogP contribution in [0.4, 0.5) is 5.95 Å². The molecule has 24 heavy (non-hydrogen) atoms. The van der Waals surface area contributed by atoms with Crippen molar-refractivity contribution in [1.29, 1.82) is 0 Å². The Balaban J connectivity index is 1.54. The van der Waals surface area contributed by atoms with E-state index in [2.05, 4.69) is 38.8 Å². The van der Waals surface area contributed by atoms with Gasteiger partial charge in [-0.05, 0) is 51.8 Å². The molecule has 1 atom stereocenters. The molecule has 0 bridgehead atoms. The molecule has 0 saturated carbocycles. The number of hydrogen-bond acceptors (Lipinski definition) is 5. The molecule has 0 N–H and O–H groups in total. The largest absolute Gasteiger partial charge is 0.342 e. The highest BCUT2D eigenvalue weighted by Gasteiger charge is 2.32. The quantitative estimate of drug-likeness (QED) is 0.837. The highest BCUT2D eigenvalue weighted by molar-refractivity contribution is 5.79. The third-order valence-corrected chi connectivity index (χ3v) is 5.16. The molecular formula is C18H29N5O. The fraction of sp³-hybridized carbons (Fsp3) is 0.722. The van der Waals surface area contributed by atoms with Crippen molar-refractivity contribution in [3.8, 4) is 0 Å². The first-order valence-corrected chi connectivity index (χ1v) is 9.09. The molecule has 0 aliphatic carbocycles. The molecule has 6 heteroatoms. The molecule has 1 unspecified atom stereocenters. The van der Waals surface area contributed by atoms with Gasteiger partial charge in [-0.15, -0.1) is 0 Å². The first-order valence-electron chi connectivity index (χ1n) is 9.09. The summed E-state index contributed by atoms with van der Waals surface area (Å²) in [6, 6.07) is 1.83. The van der Waals surface area contributed by atoms with Gasteiger partial charge in [0.1, 0.15) is 0 Å². The monoisotopic (exact) mass is 331 g/mol. The molecule has 132 valence electrons. The van der Waals surface area contributed by atoms with Crippen molar-refractivity contribution in [2.45, 2.75) is 25.7 Å². The number of hydrogen-bond donors (Lipinski definition) is 0. The lowest BCUT2D eigenvalue weighted by molar-refractivity contribution is -0.137. The van der Waals surface area contributed by atoms with E-state index in [0.717, 1.165) is 70.3 Å². The maximum atomic E-state index is 12.9. The number of aromatic nitrogens is 2. The molecule has 0 spiro atoms. The Labute approximate surface area is 144 Å². The summed E-state index contributed by atoms with van der Waals surface area (Å²) in [6.45, 7) is 4.65. The zero-order chi connectivity index (χ0) is 16.9. The molecule has 2 aliphatic heterocycles. The summed E-state index contributed by atoms with van der Waals surface area (Å²) in [5.74, 6) is 1.90. The van der Waals surface area contributed by atoms with Crippen LogP contribution in [-0.2, 0) is 4.79 Å². The van der Waals surface area contributed by atoms with Crippen molar-refractivity contribution in [2.24, 2.45) is 11.8 Å². The Morgan fingerprint density at radius 3 is 2.54 bits per heavy atom. The summed E-state index contributed by atoms with van der Waals surface area (Å²) in [5, 5.41) is 0. The first-order chi connectivity index (χ1) is 11.6. The lowest BCUT2D eigenvalue weighted by Crippen LogP contribution is -2.48. The summed E-state index contributed by atoms with van der Waals surface area (Å²) in [7, 11) is 4.25. The van der Waals surface area contributed by atoms with Crippen LogP contribution in [0.2, 0.25) is 0 Å². The number of nitrogens with zero attached hydrogens (tertiary/aromatic N) is 5. The van der Waals surface area contributed by atoms with Gasteiger partial charge >= 0.3 is 0 Å². The summed E-state index contributed by atoms with van der Waals surface area (Å²) in [6.07, 6.45) is 7.81. The molecule has 3 rings (SSSR count). The SMILES string of the molecule is CN(C)CC1CCN(C(=O)C2CCCN(c3ncccn3)C2)CC1. The van der Waals surface area contributed by atoms with Crippen LogP contribution in [0.1, 0.15) is 25.7 Å². The minimum absolute atomic E-state index is 0.0907. The van der Waals surface area contributed by atoms with Crippen molar-refractivity contribution < 1.29 is 4.79 Å². The van der Waals surface area contributed by atoms with E-state index in [1.807, 2.05) is 6.07 Å². The zero-order valence-electron chi connectivity index (χ0n) is 14.9. The third kappa shape index (κ3) is 4.23. The number of anilines is 1. The molecule has 0 radical (unpaired) electrons.